The Kier molecular flexibility index (Phi) is 8.65. The van der Waals surface area contributed by atoms with Crippen LogP contribution in [0.2, 0.25) is 0 Å². The van der Waals surface area contributed by atoms with Crippen molar-refractivity contribution in [3.05, 3.63) is 78.4 Å². The summed E-state index contributed by atoms with van der Waals surface area (Å²) in [5, 5.41) is 12.2. The maximum atomic E-state index is 13.7. The van der Waals surface area contributed by atoms with Crippen LogP contribution < -0.4 is 25.6 Å². The molecule has 1 atom stereocenters. The predicted molar refractivity (Wildman–Crippen MR) is 151 cm³/mol. The SMILES string of the molecule is CCCNCCNc1ccc(NC(=O)C[C@@H]2C(=O)Nc3ccccc3N2S(=O)(=O)c2ccc(C)cc2)cc1. The summed E-state index contributed by atoms with van der Waals surface area (Å²) in [6.45, 7) is 6.57. The van der Waals surface area contributed by atoms with Crippen molar-refractivity contribution in [3.8, 4) is 0 Å². The summed E-state index contributed by atoms with van der Waals surface area (Å²) in [5.74, 6) is -1.04. The molecule has 0 unspecified atom stereocenters. The number of para-hydroxylation sites is 2. The number of fused-ring (bicyclic) bond motifs is 1. The number of carbonyl (C=O) groups excluding carboxylic acids is 2. The second-order valence-corrected chi connectivity index (χ2v) is 11.0. The van der Waals surface area contributed by atoms with E-state index in [1.165, 1.54) is 12.1 Å². The highest BCUT2D eigenvalue weighted by Crippen LogP contribution is 2.37. The van der Waals surface area contributed by atoms with Crippen molar-refractivity contribution in [1.29, 1.82) is 0 Å². The van der Waals surface area contributed by atoms with E-state index in [1.807, 2.05) is 19.1 Å². The van der Waals surface area contributed by atoms with Crippen LogP contribution in [0.5, 0.6) is 0 Å². The first-order chi connectivity index (χ1) is 18.3. The lowest BCUT2D eigenvalue weighted by Crippen LogP contribution is -2.52. The number of sulfonamides is 1. The van der Waals surface area contributed by atoms with Gasteiger partial charge in [-0.1, -0.05) is 36.8 Å². The summed E-state index contributed by atoms with van der Waals surface area (Å²) in [6.07, 6.45) is 0.730. The zero-order valence-electron chi connectivity index (χ0n) is 21.5. The fourth-order valence-corrected chi connectivity index (χ4v) is 5.84. The molecule has 200 valence electrons. The minimum Gasteiger partial charge on any atom is -0.384 e. The Bertz CT molecular complexity index is 1380. The monoisotopic (exact) mass is 535 g/mol. The molecule has 0 aromatic heterocycles. The van der Waals surface area contributed by atoms with Crippen molar-refractivity contribution >= 4 is 44.6 Å². The minimum absolute atomic E-state index is 0.0472. The Balaban J connectivity index is 1.50. The number of anilines is 4. The lowest BCUT2D eigenvalue weighted by molar-refractivity contribution is -0.122. The number of amides is 2. The van der Waals surface area contributed by atoms with Gasteiger partial charge in [0.2, 0.25) is 11.8 Å². The van der Waals surface area contributed by atoms with Crippen LogP contribution in [0.4, 0.5) is 22.7 Å². The van der Waals surface area contributed by atoms with Crippen molar-refractivity contribution in [2.45, 2.75) is 37.6 Å². The average Bonchev–Trinajstić information content (AvgIpc) is 2.90. The first-order valence-electron chi connectivity index (χ1n) is 12.6. The highest BCUT2D eigenvalue weighted by Gasteiger charge is 2.42. The molecular weight excluding hydrogens is 502 g/mol. The molecule has 1 heterocycles. The summed E-state index contributed by atoms with van der Waals surface area (Å²) in [4.78, 5) is 26.1. The normalized spacial score (nSPS) is 14.9. The zero-order chi connectivity index (χ0) is 27.1. The molecule has 2 amide bonds. The van der Waals surface area contributed by atoms with Gasteiger partial charge in [0.05, 0.1) is 22.7 Å². The van der Waals surface area contributed by atoms with Gasteiger partial charge in [0, 0.05) is 24.5 Å². The lowest BCUT2D eigenvalue weighted by atomic mass is 10.1. The number of rotatable bonds is 11. The summed E-state index contributed by atoms with van der Waals surface area (Å²) < 4.78 is 28.5. The van der Waals surface area contributed by atoms with Crippen LogP contribution in [0.3, 0.4) is 0 Å². The summed E-state index contributed by atoms with van der Waals surface area (Å²) in [5.41, 5.74) is 3.06. The molecule has 0 aliphatic carbocycles. The predicted octanol–water partition coefficient (Wildman–Crippen LogP) is 3.95. The third kappa shape index (κ3) is 6.32. The fourth-order valence-electron chi connectivity index (χ4n) is 4.21. The molecule has 4 N–H and O–H groups in total. The van der Waals surface area contributed by atoms with Crippen molar-refractivity contribution < 1.29 is 18.0 Å². The maximum absolute atomic E-state index is 13.7. The quantitative estimate of drug-likeness (QED) is 0.276. The fraction of sp³-hybridized carbons (Fsp3) is 0.286. The van der Waals surface area contributed by atoms with Crippen LogP contribution >= 0.6 is 0 Å². The van der Waals surface area contributed by atoms with Crippen molar-refractivity contribution in [1.82, 2.24) is 5.32 Å². The van der Waals surface area contributed by atoms with Gasteiger partial charge in [-0.2, -0.15) is 0 Å². The van der Waals surface area contributed by atoms with Gasteiger partial charge < -0.3 is 21.3 Å². The first-order valence-corrected chi connectivity index (χ1v) is 14.1. The van der Waals surface area contributed by atoms with Crippen molar-refractivity contribution in [2.24, 2.45) is 0 Å². The average molecular weight is 536 g/mol. The van der Waals surface area contributed by atoms with Gasteiger partial charge in [-0.25, -0.2) is 8.42 Å². The highest BCUT2D eigenvalue weighted by atomic mass is 32.2. The zero-order valence-corrected chi connectivity index (χ0v) is 22.3. The molecule has 0 saturated heterocycles. The number of benzene rings is 3. The van der Waals surface area contributed by atoms with E-state index >= 15 is 0 Å². The van der Waals surface area contributed by atoms with Crippen molar-refractivity contribution in [2.75, 3.05) is 39.9 Å². The van der Waals surface area contributed by atoms with Gasteiger partial charge >= 0.3 is 0 Å². The molecule has 0 spiro atoms. The topological polar surface area (TPSA) is 120 Å². The van der Waals surface area contributed by atoms with E-state index in [4.69, 9.17) is 0 Å². The molecule has 0 saturated carbocycles. The number of nitrogens with one attached hydrogen (secondary N) is 4. The van der Waals surface area contributed by atoms with Crippen LogP contribution in [0.15, 0.2) is 77.7 Å². The third-order valence-corrected chi connectivity index (χ3v) is 8.00. The number of hydrogen-bond donors (Lipinski definition) is 4. The molecule has 0 radical (unpaired) electrons. The molecule has 3 aromatic rings. The van der Waals surface area contributed by atoms with Gasteiger partial charge in [-0.3, -0.25) is 13.9 Å². The van der Waals surface area contributed by atoms with E-state index < -0.39 is 27.9 Å². The molecule has 38 heavy (non-hydrogen) atoms. The number of nitrogens with zero attached hydrogens (tertiary/aromatic N) is 1. The van der Waals surface area contributed by atoms with Crippen LogP contribution in [-0.2, 0) is 19.6 Å². The van der Waals surface area contributed by atoms with Crippen LogP contribution in [-0.4, -0.2) is 45.9 Å². The van der Waals surface area contributed by atoms with Crippen molar-refractivity contribution in [3.63, 3.8) is 0 Å². The number of carbonyl (C=O) groups is 2. The molecule has 0 fully saturated rings. The van der Waals surface area contributed by atoms with E-state index in [9.17, 15) is 18.0 Å². The van der Waals surface area contributed by atoms with Crippen LogP contribution in [0.1, 0.15) is 25.3 Å². The van der Waals surface area contributed by atoms with Crippen LogP contribution in [0.25, 0.3) is 0 Å². The molecule has 0 bridgehead atoms. The first kappa shape index (κ1) is 27.2. The summed E-state index contributed by atoms with van der Waals surface area (Å²) >= 11 is 0. The standard InChI is InChI=1S/C28H33N5O4S/c1-3-16-29-17-18-30-21-10-12-22(13-11-21)31-27(34)19-26-28(35)32-24-6-4-5-7-25(24)33(26)38(36,37)23-14-8-20(2)9-15-23/h4-15,26,29-30H,3,16-19H2,1-2H3,(H,31,34)(H,32,35)/t26-/m1/s1. The number of hydrogen-bond acceptors (Lipinski definition) is 6. The second kappa shape index (κ2) is 12.1. The second-order valence-electron chi connectivity index (χ2n) is 9.14. The summed E-state index contributed by atoms with van der Waals surface area (Å²) in [7, 11) is -4.13. The van der Waals surface area contributed by atoms with Gasteiger partial charge in [-0.15, -0.1) is 0 Å². The molecule has 9 nitrogen and oxygen atoms in total. The van der Waals surface area contributed by atoms with E-state index in [0.717, 1.165) is 41.6 Å². The lowest BCUT2D eigenvalue weighted by Gasteiger charge is -2.36. The third-order valence-electron chi connectivity index (χ3n) is 6.17. The molecular formula is C28H33N5O4S. The minimum atomic E-state index is -4.13. The Labute approximate surface area is 223 Å². The Hall–Kier alpha value is -3.89. The maximum Gasteiger partial charge on any atom is 0.265 e. The number of aryl methyl sites for hydroxylation is 1. The molecule has 10 heteroatoms. The van der Waals surface area contributed by atoms with E-state index in [-0.39, 0.29) is 11.3 Å². The molecule has 4 rings (SSSR count). The van der Waals surface area contributed by atoms with Gasteiger partial charge in [0.15, 0.2) is 0 Å². The molecule has 1 aliphatic rings. The highest BCUT2D eigenvalue weighted by molar-refractivity contribution is 7.93. The Morgan fingerprint density at radius 1 is 0.921 bits per heavy atom. The van der Waals surface area contributed by atoms with E-state index in [1.54, 1.807) is 48.5 Å². The molecule has 1 aliphatic heterocycles. The van der Waals surface area contributed by atoms with E-state index in [0.29, 0.717) is 17.1 Å². The van der Waals surface area contributed by atoms with Gasteiger partial charge in [-0.05, 0) is 68.4 Å². The van der Waals surface area contributed by atoms with E-state index in [2.05, 4.69) is 28.2 Å². The largest absolute Gasteiger partial charge is 0.384 e. The van der Waals surface area contributed by atoms with Gasteiger partial charge in [0.1, 0.15) is 6.04 Å². The Morgan fingerprint density at radius 2 is 1.61 bits per heavy atom. The summed E-state index contributed by atoms with van der Waals surface area (Å²) in [6, 6.07) is 19.0. The Morgan fingerprint density at radius 3 is 2.32 bits per heavy atom. The smallest absolute Gasteiger partial charge is 0.265 e. The van der Waals surface area contributed by atoms with Crippen LogP contribution in [0, 0.1) is 6.92 Å². The molecule has 3 aromatic carbocycles. The van der Waals surface area contributed by atoms with Gasteiger partial charge in [0.25, 0.3) is 10.0 Å².